The van der Waals surface area contributed by atoms with Gasteiger partial charge in [0.1, 0.15) is 0 Å². The van der Waals surface area contributed by atoms with Gasteiger partial charge in [-0.1, -0.05) is 18.2 Å². The molecule has 2 rings (SSSR count). The lowest BCUT2D eigenvalue weighted by Crippen LogP contribution is -2.09. The second-order valence-electron chi connectivity index (χ2n) is 4.28. The zero-order valence-electron chi connectivity index (χ0n) is 10.6. The summed E-state index contributed by atoms with van der Waals surface area (Å²) in [6.07, 6.45) is 2.51. The van der Waals surface area contributed by atoms with E-state index in [2.05, 4.69) is 10.3 Å². The van der Waals surface area contributed by atoms with Crippen LogP contribution in [0, 0.1) is 6.92 Å². The fraction of sp³-hybridized carbons (Fsp3) is 0.200. The first kappa shape index (κ1) is 12.3. The molecule has 3 heteroatoms. The number of aromatic nitrogens is 1. The van der Waals surface area contributed by atoms with Gasteiger partial charge in [-0.3, -0.25) is 9.78 Å². The summed E-state index contributed by atoms with van der Waals surface area (Å²) in [5, 5.41) is 2.87. The van der Waals surface area contributed by atoms with Crippen molar-refractivity contribution in [2.24, 2.45) is 0 Å². The molecule has 0 aliphatic heterocycles. The van der Waals surface area contributed by atoms with Crippen molar-refractivity contribution in [1.29, 1.82) is 0 Å². The summed E-state index contributed by atoms with van der Waals surface area (Å²) >= 11 is 0. The Morgan fingerprint density at radius 3 is 2.72 bits per heavy atom. The normalized spacial score (nSPS) is 10.1. The number of carbonyl (C=O) groups is 1. The van der Waals surface area contributed by atoms with Crippen molar-refractivity contribution in [2.45, 2.75) is 20.3 Å². The van der Waals surface area contributed by atoms with Gasteiger partial charge in [0.25, 0.3) is 0 Å². The van der Waals surface area contributed by atoms with Gasteiger partial charge in [-0.2, -0.15) is 0 Å². The van der Waals surface area contributed by atoms with Crippen molar-refractivity contribution in [2.75, 3.05) is 5.32 Å². The molecule has 0 saturated carbocycles. The lowest BCUT2D eigenvalue weighted by molar-refractivity contribution is -0.114. The van der Waals surface area contributed by atoms with Gasteiger partial charge in [0, 0.05) is 30.9 Å². The van der Waals surface area contributed by atoms with Crippen molar-refractivity contribution in [3.63, 3.8) is 0 Å². The van der Waals surface area contributed by atoms with Crippen LogP contribution < -0.4 is 5.32 Å². The summed E-state index contributed by atoms with van der Waals surface area (Å²) in [6, 6.07) is 11.8. The van der Waals surface area contributed by atoms with Crippen LogP contribution in [-0.4, -0.2) is 10.9 Å². The Hall–Kier alpha value is -2.16. The maximum Gasteiger partial charge on any atom is 0.221 e. The number of anilines is 1. The van der Waals surface area contributed by atoms with Crippen molar-refractivity contribution >= 4 is 11.6 Å². The van der Waals surface area contributed by atoms with E-state index in [1.807, 2.05) is 43.3 Å². The molecule has 92 valence electrons. The molecular formula is C15H16N2O. The van der Waals surface area contributed by atoms with Crippen LogP contribution in [0.1, 0.15) is 23.7 Å². The molecule has 3 nitrogen and oxygen atoms in total. The van der Waals surface area contributed by atoms with Crippen LogP contribution in [0.25, 0.3) is 0 Å². The number of aryl methyl sites for hydroxylation is 1. The Morgan fingerprint density at radius 1 is 1.22 bits per heavy atom. The molecule has 0 radical (unpaired) electrons. The van der Waals surface area contributed by atoms with E-state index in [0.29, 0.717) is 0 Å². The predicted molar refractivity (Wildman–Crippen MR) is 72.5 cm³/mol. The molecule has 0 spiro atoms. The maximum absolute atomic E-state index is 11.2. The van der Waals surface area contributed by atoms with Crippen LogP contribution in [0.4, 0.5) is 5.69 Å². The molecular weight excluding hydrogens is 224 g/mol. The molecule has 1 amide bonds. The molecule has 2 aromatic rings. The van der Waals surface area contributed by atoms with Crippen LogP contribution in [0.5, 0.6) is 0 Å². The van der Waals surface area contributed by atoms with Crippen LogP contribution in [0.2, 0.25) is 0 Å². The second-order valence-corrected chi connectivity index (χ2v) is 4.28. The minimum absolute atomic E-state index is 0.0529. The van der Waals surface area contributed by atoms with E-state index in [4.69, 9.17) is 0 Å². The smallest absolute Gasteiger partial charge is 0.221 e. The molecule has 0 fully saturated rings. The number of amides is 1. The number of hydrogen-bond acceptors (Lipinski definition) is 2. The molecule has 0 saturated heterocycles. The van der Waals surface area contributed by atoms with Gasteiger partial charge < -0.3 is 5.32 Å². The Labute approximate surface area is 107 Å². The molecule has 0 aliphatic carbocycles. The molecule has 0 unspecified atom stereocenters. The minimum Gasteiger partial charge on any atom is -0.326 e. The highest BCUT2D eigenvalue weighted by molar-refractivity contribution is 5.89. The van der Waals surface area contributed by atoms with Crippen LogP contribution in [-0.2, 0) is 11.2 Å². The van der Waals surface area contributed by atoms with Crippen molar-refractivity contribution < 1.29 is 4.79 Å². The quantitative estimate of drug-likeness (QED) is 0.896. The monoisotopic (exact) mass is 240 g/mol. The highest BCUT2D eigenvalue weighted by atomic mass is 16.1. The molecule has 1 aromatic heterocycles. The third-order valence-corrected chi connectivity index (χ3v) is 2.80. The van der Waals surface area contributed by atoms with E-state index in [0.717, 1.165) is 28.9 Å². The van der Waals surface area contributed by atoms with Crippen molar-refractivity contribution in [1.82, 2.24) is 4.98 Å². The third-order valence-electron chi connectivity index (χ3n) is 2.80. The number of carbonyl (C=O) groups excluding carboxylic acids is 1. The molecule has 0 bridgehead atoms. The Kier molecular flexibility index (Phi) is 3.72. The van der Waals surface area contributed by atoms with Crippen LogP contribution in [0.3, 0.4) is 0 Å². The van der Waals surface area contributed by atoms with Crippen LogP contribution in [0.15, 0.2) is 42.6 Å². The van der Waals surface area contributed by atoms with E-state index in [1.165, 1.54) is 6.92 Å². The van der Waals surface area contributed by atoms with Gasteiger partial charge >= 0.3 is 0 Å². The Bertz CT molecular complexity index is 550. The zero-order chi connectivity index (χ0) is 13.0. The van der Waals surface area contributed by atoms with Gasteiger partial charge in [-0.15, -0.1) is 0 Å². The highest BCUT2D eigenvalue weighted by Crippen LogP contribution is 2.22. The summed E-state index contributed by atoms with van der Waals surface area (Å²) < 4.78 is 0. The lowest BCUT2D eigenvalue weighted by atomic mass is 10.0. The molecule has 1 N–H and O–H groups in total. The number of pyridine rings is 1. The maximum atomic E-state index is 11.2. The van der Waals surface area contributed by atoms with Crippen molar-refractivity contribution in [3.8, 4) is 0 Å². The van der Waals surface area contributed by atoms with Crippen LogP contribution >= 0.6 is 0 Å². The summed E-state index contributed by atoms with van der Waals surface area (Å²) in [4.78, 5) is 15.5. The standard InChI is InChI=1S/C15H16N2O/c1-11-6-5-8-15(17-12(2)18)14(11)10-13-7-3-4-9-16-13/h3-9H,10H2,1-2H3,(H,17,18). The van der Waals surface area contributed by atoms with E-state index < -0.39 is 0 Å². The number of rotatable bonds is 3. The Morgan fingerprint density at radius 2 is 2.06 bits per heavy atom. The number of nitrogens with zero attached hydrogens (tertiary/aromatic N) is 1. The van der Waals surface area contributed by atoms with Gasteiger partial charge in [-0.05, 0) is 36.2 Å². The largest absolute Gasteiger partial charge is 0.326 e. The van der Waals surface area contributed by atoms with Crippen molar-refractivity contribution in [3.05, 3.63) is 59.4 Å². The zero-order valence-corrected chi connectivity index (χ0v) is 10.6. The molecule has 1 heterocycles. The lowest BCUT2D eigenvalue weighted by Gasteiger charge is -2.12. The molecule has 0 aliphatic rings. The summed E-state index contributed by atoms with van der Waals surface area (Å²) in [6.45, 7) is 3.57. The third kappa shape index (κ3) is 2.94. The number of nitrogens with one attached hydrogen (secondary N) is 1. The van der Waals surface area contributed by atoms with E-state index in [-0.39, 0.29) is 5.91 Å². The summed E-state index contributed by atoms with van der Waals surface area (Å²) in [5.41, 5.74) is 4.14. The fourth-order valence-corrected chi connectivity index (χ4v) is 1.93. The van der Waals surface area contributed by atoms with E-state index >= 15 is 0 Å². The predicted octanol–water partition coefficient (Wildman–Crippen LogP) is 2.94. The van der Waals surface area contributed by atoms with E-state index in [1.54, 1.807) is 6.20 Å². The second kappa shape index (κ2) is 5.45. The number of benzene rings is 1. The fourth-order valence-electron chi connectivity index (χ4n) is 1.93. The SMILES string of the molecule is CC(=O)Nc1cccc(C)c1Cc1ccccn1. The minimum atomic E-state index is -0.0529. The Balaban J connectivity index is 2.34. The molecule has 1 aromatic carbocycles. The van der Waals surface area contributed by atoms with Gasteiger partial charge in [0.15, 0.2) is 0 Å². The average molecular weight is 240 g/mol. The molecule has 18 heavy (non-hydrogen) atoms. The van der Waals surface area contributed by atoms with Gasteiger partial charge in [0.05, 0.1) is 0 Å². The van der Waals surface area contributed by atoms with E-state index in [9.17, 15) is 4.79 Å². The van der Waals surface area contributed by atoms with Gasteiger partial charge in [0.2, 0.25) is 5.91 Å². The first-order valence-electron chi connectivity index (χ1n) is 5.93. The average Bonchev–Trinajstić information content (AvgIpc) is 2.34. The van der Waals surface area contributed by atoms with Gasteiger partial charge in [-0.25, -0.2) is 0 Å². The molecule has 0 atom stereocenters. The summed E-state index contributed by atoms with van der Waals surface area (Å²) in [7, 11) is 0. The topological polar surface area (TPSA) is 42.0 Å². The number of hydrogen-bond donors (Lipinski definition) is 1. The first-order valence-corrected chi connectivity index (χ1v) is 5.93. The first-order chi connectivity index (χ1) is 8.66. The summed E-state index contributed by atoms with van der Waals surface area (Å²) in [5.74, 6) is -0.0529. The highest BCUT2D eigenvalue weighted by Gasteiger charge is 2.08.